The van der Waals surface area contributed by atoms with E-state index in [1.54, 1.807) is 18.5 Å². The van der Waals surface area contributed by atoms with Gasteiger partial charge in [-0.2, -0.15) is 0 Å². The highest BCUT2D eigenvalue weighted by atomic mass is 16.2. The van der Waals surface area contributed by atoms with Crippen molar-refractivity contribution in [3.63, 3.8) is 0 Å². The normalized spacial score (nSPS) is 12.4. The SMILES string of the molecule is CN.O=C1c2cccc(-n3c4ccccc4c4cccc(-c5cncnc5)c43)c2C(=O)N1c1ccc(-c2ccccc2)cc1. The standard InChI is InChI=1S/C36H22N4O2.CH5N/c41-35-30-13-7-15-32(33(30)36(42)39(35)26-18-16-24(17-19-26)23-8-2-1-3-9-23)40-31-14-5-4-10-28(31)29-12-6-11-27(34(29)40)25-20-37-22-38-21-25;1-2/h1-22H;2H2,1H3. The van der Waals surface area contributed by atoms with Gasteiger partial charge in [-0.05, 0) is 48.5 Å². The first-order valence-electron chi connectivity index (χ1n) is 14.2. The summed E-state index contributed by atoms with van der Waals surface area (Å²) >= 11 is 0. The van der Waals surface area contributed by atoms with Gasteiger partial charge in [0.2, 0.25) is 0 Å². The number of rotatable bonds is 4. The number of carbonyl (C=O) groups is 2. The van der Waals surface area contributed by atoms with Gasteiger partial charge in [-0.15, -0.1) is 0 Å². The van der Waals surface area contributed by atoms with E-state index < -0.39 is 0 Å². The molecule has 2 aromatic heterocycles. The van der Waals surface area contributed by atoms with Crippen LogP contribution in [0.4, 0.5) is 5.69 Å². The van der Waals surface area contributed by atoms with E-state index in [0.29, 0.717) is 22.5 Å². The molecule has 1 aliphatic heterocycles. The summed E-state index contributed by atoms with van der Waals surface area (Å²) < 4.78 is 2.10. The van der Waals surface area contributed by atoms with E-state index in [1.807, 2.05) is 97.1 Å². The first kappa shape index (κ1) is 26.9. The van der Waals surface area contributed by atoms with Crippen molar-refractivity contribution in [1.29, 1.82) is 0 Å². The van der Waals surface area contributed by atoms with Gasteiger partial charge in [0.1, 0.15) is 6.33 Å². The fourth-order valence-corrected chi connectivity index (χ4v) is 6.06. The van der Waals surface area contributed by atoms with E-state index in [-0.39, 0.29) is 11.8 Å². The minimum absolute atomic E-state index is 0.332. The number of anilines is 1. The molecule has 0 fully saturated rings. The average molecular weight is 574 g/mol. The van der Waals surface area contributed by atoms with Crippen LogP contribution in [0, 0.1) is 0 Å². The molecule has 0 aliphatic carbocycles. The van der Waals surface area contributed by atoms with E-state index in [0.717, 1.165) is 44.1 Å². The quantitative estimate of drug-likeness (QED) is 0.223. The lowest BCUT2D eigenvalue weighted by molar-refractivity contribution is 0.0926. The summed E-state index contributed by atoms with van der Waals surface area (Å²) in [5.74, 6) is -0.675. The van der Waals surface area contributed by atoms with Crippen LogP contribution >= 0.6 is 0 Å². The highest BCUT2D eigenvalue weighted by molar-refractivity contribution is 6.36. The van der Waals surface area contributed by atoms with Crippen molar-refractivity contribution in [2.24, 2.45) is 5.73 Å². The van der Waals surface area contributed by atoms with Gasteiger partial charge >= 0.3 is 0 Å². The monoisotopic (exact) mass is 573 g/mol. The molecule has 7 nitrogen and oxygen atoms in total. The zero-order valence-electron chi connectivity index (χ0n) is 23.9. The third-order valence-corrected chi connectivity index (χ3v) is 7.93. The number of para-hydroxylation sites is 2. The van der Waals surface area contributed by atoms with E-state index in [4.69, 9.17) is 0 Å². The summed E-state index contributed by atoms with van der Waals surface area (Å²) in [5.41, 5.74) is 12.2. The summed E-state index contributed by atoms with van der Waals surface area (Å²) in [5, 5.41) is 2.09. The van der Waals surface area contributed by atoms with Crippen molar-refractivity contribution < 1.29 is 9.59 Å². The number of nitrogens with two attached hydrogens (primary N) is 1. The summed E-state index contributed by atoms with van der Waals surface area (Å²) in [4.78, 5) is 37.7. The molecule has 7 heteroatoms. The minimum atomic E-state index is -0.343. The number of carbonyl (C=O) groups excluding carboxylic acids is 2. The largest absolute Gasteiger partial charge is 0.333 e. The lowest BCUT2D eigenvalue weighted by Crippen LogP contribution is -2.29. The van der Waals surface area contributed by atoms with Gasteiger partial charge in [-0.1, -0.05) is 84.9 Å². The molecule has 8 rings (SSSR count). The van der Waals surface area contributed by atoms with Crippen molar-refractivity contribution in [1.82, 2.24) is 14.5 Å². The van der Waals surface area contributed by atoms with E-state index in [9.17, 15) is 9.59 Å². The Morgan fingerprint density at radius 3 is 1.98 bits per heavy atom. The molecule has 1 aliphatic rings. The predicted molar refractivity (Wildman–Crippen MR) is 175 cm³/mol. The first-order chi connectivity index (χ1) is 21.7. The van der Waals surface area contributed by atoms with Crippen LogP contribution in [0.1, 0.15) is 20.7 Å². The van der Waals surface area contributed by atoms with E-state index in [2.05, 4.69) is 32.4 Å². The molecule has 3 heterocycles. The summed E-state index contributed by atoms with van der Waals surface area (Å²) in [7, 11) is 1.50. The highest BCUT2D eigenvalue weighted by Crippen LogP contribution is 2.41. The zero-order chi connectivity index (χ0) is 30.2. The van der Waals surface area contributed by atoms with E-state index in [1.165, 1.54) is 18.3 Å². The molecule has 5 aromatic carbocycles. The second-order valence-corrected chi connectivity index (χ2v) is 10.2. The number of nitrogens with zero attached hydrogens (tertiary/aromatic N) is 4. The molecule has 0 unspecified atom stereocenters. The Bertz CT molecular complexity index is 2170. The number of fused-ring (bicyclic) bond motifs is 4. The van der Waals surface area contributed by atoms with Gasteiger partial charge < -0.3 is 10.3 Å². The topological polar surface area (TPSA) is 94.1 Å². The fourth-order valence-electron chi connectivity index (χ4n) is 6.06. The Hall–Kier alpha value is -5.92. The molecule has 0 bridgehead atoms. The van der Waals surface area contributed by atoms with Crippen LogP contribution in [-0.2, 0) is 0 Å². The molecular weight excluding hydrogens is 546 g/mol. The zero-order valence-corrected chi connectivity index (χ0v) is 23.9. The molecule has 0 saturated carbocycles. The van der Waals surface area contributed by atoms with Gasteiger partial charge in [0, 0.05) is 34.3 Å². The van der Waals surface area contributed by atoms with Crippen LogP contribution in [0.5, 0.6) is 0 Å². The number of benzene rings is 5. The van der Waals surface area contributed by atoms with Gasteiger partial charge in [0.05, 0.1) is 33.5 Å². The number of hydrogen-bond acceptors (Lipinski definition) is 5. The maximum atomic E-state index is 14.2. The summed E-state index contributed by atoms with van der Waals surface area (Å²) in [6.07, 6.45) is 5.08. The summed E-state index contributed by atoms with van der Waals surface area (Å²) in [6, 6.07) is 37.3. The van der Waals surface area contributed by atoms with E-state index >= 15 is 0 Å². The fraction of sp³-hybridized carbons (Fsp3) is 0.0270. The lowest BCUT2D eigenvalue weighted by Gasteiger charge is -2.16. The number of amides is 2. The minimum Gasteiger partial charge on any atom is -0.333 e. The Labute approximate surface area is 253 Å². The molecule has 0 atom stereocenters. The number of hydrogen-bond donors (Lipinski definition) is 1. The van der Waals surface area contributed by atoms with Gasteiger partial charge in [0.15, 0.2) is 0 Å². The Morgan fingerprint density at radius 2 is 1.20 bits per heavy atom. The van der Waals surface area contributed by atoms with Crippen LogP contribution in [0.2, 0.25) is 0 Å². The van der Waals surface area contributed by atoms with Gasteiger partial charge in [-0.3, -0.25) is 9.59 Å². The van der Waals surface area contributed by atoms with Crippen LogP contribution in [0.25, 0.3) is 49.7 Å². The van der Waals surface area contributed by atoms with Crippen LogP contribution < -0.4 is 10.6 Å². The number of aromatic nitrogens is 3. The van der Waals surface area contributed by atoms with Crippen LogP contribution in [0.15, 0.2) is 134 Å². The van der Waals surface area contributed by atoms with Crippen molar-refractivity contribution in [3.05, 3.63) is 145 Å². The lowest BCUT2D eigenvalue weighted by atomic mass is 10.0. The first-order valence-corrected chi connectivity index (χ1v) is 14.2. The van der Waals surface area contributed by atoms with Crippen molar-refractivity contribution >= 4 is 39.3 Å². The molecule has 2 N–H and O–H groups in total. The Kier molecular flexibility index (Phi) is 6.77. The average Bonchev–Trinajstić information content (AvgIpc) is 3.57. The van der Waals surface area contributed by atoms with Crippen molar-refractivity contribution in [2.75, 3.05) is 11.9 Å². The molecule has 212 valence electrons. The number of imide groups is 1. The third kappa shape index (κ3) is 4.18. The maximum absolute atomic E-state index is 14.2. The molecule has 44 heavy (non-hydrogen) atoms. The molecular formula is C37H27N5O2. The van der Waals surface area contributed by atoms with Crippen LogP contribution in [0.3, 0.4) is 0 Å². The third-order valence-electron chi connectivity index (χ3n) is 7.93. The molecule has 0 saturated heterocycles. The van der Waals surface area contributed by atoms with Crippen molar-refractivity contribution in [3.8, 4) is 27.9 Å². The maximum Gasteiger partial charge on any atom is 0.268 e. The van der Waals surface area contributed by atoms with Crippen LogP contribution in [-0.4, -0.2) is 33.4 Å². The predicted octanol–water partition coefficient (Wildman–Crippen LogP) is 7.28. The Morgan fingerprint density at radius 1 is 0.568 bits per heavy atom. The van der Waals surface area contributed by atoms with Crippen molar-refractivity contribution in [2.45, 2.75) is 0 Å². The molecule has 7 aromatic rings. The smallest absolute Gasteiger partial charge is 0.268 e. The van der Waals surface area contributed by atoms with Gasteiger partial charge in [-0.25, -0.2) is 14.9 Å². The molecule has 0 spiro atoms. The van der Waals surface area contributed by atoms with Gasteiger partial charge in [0.25, 0.3) is 11.8 Å². The Balaban J connectivity index is 0.00000153. The highest BCUT2D eigenvalue weighted by Gasteiger charge is 2.39. The molecule has 0 radical (unpaired) electrons. The second-order valence-electron chi connectivity index (χ2n) is 10.2. The summed E-state index contributed by atoms with van der Waals surface area (Å²) in [6.45, 7) is 0. The molecule has 2 amide bonds. The second kappa shape index (κ2) is 11.1.